The molecule has 11 heavy (non-hydrogen) atoms. The molecule has 2 heteroatoms. The van der Waals surface area contributed by atoms with E-state index in [1.807, 2.05) is 13.8 Å². The van der Waals surface area contributed by atoms with Crippen molar-refractivity contribution in [3.8, 4) is 0 Å². The Hall–Kier alpha value is -0.370. The third-order valence-corrected chi connectivity index (χ3v) is 1.57. The number of hydrogen-bond acceptors (Lipinski definition) is 2. The number of rotatable bonds is 5. The summed E-state index contributed by atoms with van der Waals surface area (Å²) in [5.41, 5.74) is 0. The highest BCUT2D eigenvalue weighted by Crippen LogP contribution is 1.97. The van der Waals surface area contributed by atoms with Crippen molar-refractivity contribution in [2.75, 3.05) is 6.54 Å². The van der Waals surface area contributed by atoms with E-state index in [9.17, 15) is 4.79 Å². The SMILES string of the molecule is CC(C)NCCC(=O)C(C)C.[HH]. The lowest BCUT2D eigenvalue weighted by Crippen LogP contribution is -2.26. The first-order valence-electron chi connectivity index (χ1n) is 4.30. The molecule has 0 aromatic heterocycles. The first-order valence-corrected chi connectivity index (χ1v) is 4.30. The Bertz CT molecular complexity index is 124. The van der Waals surface area contributed by atoms with Gasteiger partial charge in [-0.05, 0) is 0 Å². The van der Waals surface area contributed by atoms with Crippen LogP contribution in [0.15, 0.2) is 0 Å². The van der Waals surface area contributed by atoms with Gasteiger partial charge in [0.05, 0.1) is 0 Å². The van der Waals surface area contributed by atoms with Gasteiger partial charge in [0.1, 0.15) is 5.78 Å². The molecule has 0 aliphatic rings. The Morgan fingerprint density at radius 3 is 2.27 bits per heavy atom. The van der Waals surface area contributed by atoms with Crippen LogP contribution in [0, 0.1) is 5.92 Å². The minimum Gasteiger partial charge on any atom is -0.314 e. The Morgan fingerprint density at radius 2 is 1.91 bits per heavy atom. The Morgan fingerprint density at radius 1 is 1.36 bits per heavy atom. The van der Waals surface area contributed by atoms with Crippen LogP contribution in [-0.2, 0) is 4.79 Å². The predicted molar refractivity (Wildman–Crippen MR) is 49.7 cm³/mol. The second-order valence-electron chi connectivity index (χ2n) is 3.48. The van der Waals surface area contributed by atoms with Crippen LogP contribution < -0.4 is 5.32 Å². The van der Waals surface area contributed by atoms with E-state index in [0.717, 1.165) is 6.54 Å². The van der Waals surface area contributed by atoms with Gasteiger partial charge in [-0.15, -0.1) is 0 Å². The van der Waals surface area contributed by atoms with Gasteiger partial charge < -0.3 is 5.32 Å². The first-order chi connectivity index (χ1) is 5.04. The fourth-order valence-corrected chi connectivity index (χ4v) is 0.773. The molecule has 0 heterocycles. The fourth-order valence-electron chi connectivity index (χ4n) is 0.773. The lowest BCUT2D eigenvalue weighted by Gasteiger charge is -2.08. The van der Waals surface area contributed by atoms with Gasteiger partial charge in [-0.2, -0.15) is 0 Å². The maximum Gasteiger partial charge on any atom is 0.136 e. The van der Waals surface area contributed by atoms with E-state index in [1.54, 1.807) is 0 Å². The zero-order valence-corrected chi connectivity index (χ0v) is 7.98. The molecule has 1 N–H and O–H groups in total. The van der Waals surface area contributed by atoms with Crippen LogP contribution in [0.5, 0.6) is 0 Å². The molecule has 0 aliphatic carbocycles. The van der Waals surface area contributed by atoms with Crippen molar-refractivity contribution < 1.29 is 6.22 Å². The second kappa shape index (κ2) is 5.30. The number of carbonyl (C=O) groups is 1. The molecule has 0 amide bonds. The summed E-state index contributed by atoms with van der Waals surface area (Å²) in [6.45, 7) is 8.86. The van der Waals surface area contributed by atoms with Gasteiger partial charge in [-0.1, -0.05) is 27.7 Å². The standard InChI is InChI=1S/C9H19NO.H2/c1-7(2)9(11)5-6-10-8(3)4;/h7-8,10H,5-6H2,1-4H3;1H. The molecular weight excluding hydrogens is 138 g/mol. The van der Waals surface area contributed by atoms with E-state index in [4.69, 9.17) is 0 Å². The van der Waals surface area contributed by atoms with E-state index < -0.39 is 0 Å². The Balaban J connectivity index is 0. The molecule has 2 nitrogen and oxygen atoms in total. The van der Waals surface area contributed by atoms with Crippen molar-refractivity contribution in [3.63, 3.8) is 0 Å². The van der Waals surface area contributed by atoms with Gasteiger partial charge in [0.15, 0.2) is 0 Å². The van der Waals surface area contributed by atoms with Gasteiger partial charge in [0, 0.05) is 26.4 Å². The summed E-state index contributed by atoms with van der Waals surface area (Å²) in [5.74, 6) is 0.530. The van der Waals surface area contributed by atoms with Gasteiger partial charge in [-0.3, -0.25) is 4.79 Å². The monoisotopic (exact) mass is 159 g/mol. The molecule has 0 aromatic carbocycles. The number of carbonyl (C=O) groups excluding carboxylic acids is 1. The van der Waals surface area contributed by atoms with Crippen molar-refractivity contribution in [2.45, 2.75) is 40.2 Å². The summed E-state index contributed by atoms with van der Waals surface area (Å²) >= 11 is 0. The summed E-state index contributed by atoms with van der Waals surface area (Å²) in [7, 11) is 0. The average Bonchev–Trinajstić information content (AvgIpc) is 1.86. The first kappa shape index (κ1) is 10.6. The lowest BCUT2D eigenvalue weighted by atomic mass is 10.1. The smallest absolute Gasteiger partial charge is 0.136 e. The quantitative estimate of drug-likeness (QED) is 0.663. The molecule has 0 saturated carbocycles. The minimum absolute atomic E-state index is 0. The third-order valence-electron chi connectivity index (χ3n) is 1.57. The van der Waals surface area contributed by atoms with Gasteiger partial charge in [-0.25, -0.2) is 0 Å². The second-order valence-corrected chi connectivity index (χ2v) is 3.48. The number of ketones is 1. The van der Waals surface area contributed by atoms with Gasteiger partial charge in [0.25, 0.3) is 0 Å². The van der Waals surface area contributed by atoms with E-state index in [0.29, 0.717) is 18.2 Å². The molecular formula is C9H21NO. The molecule has 0 bridgehead atoms. The van der Waals surface area contributed by atoms with Crippen LogP contribution in [0.25, 0.3) is 0 Å². The van der Waals surface area contributed by atoms with E-state index in [-0.39, 0.29) is 7.34 Å². The highest BCUT2D eigenvalue weighted by molar-refractivity contribution is 5.80. The molecule has 0 spiro atoms. The molecule has 0 atom stereocenters. The van der Waals surface area contributed by atoms with Crippen molar-refractivity contribution >= 4 is 5.78 Å². The van der Waals surface area contributed by atoms with Gasteiger partial charge >= 0.3 is 0 Å². The maximum absolute atomic E-state index is 11.1. The molecule has 0 saturated heterocycles. The molecule has 0 aliphatic heterocycles. The number of nitrogens with one attached hydrogen (secondary N) is 1. The molecule has 0 aromatic rings. The zero-order chi connectivity index (χ0) is 8.85. The summed E-state index contributed by atoms with van der Waals surface area (Å²) < 4.78 is 0. The molecule has 0 radical (unpaired) electrons. The topological polar surface area (TPSA) is 29.1 Å². The van der Waals surface area contributed by atoms with E-state index in [1.165, 1.54) is 0 Å². The van der Waals surface area contributed by atoms with Crippen LogP contribution in [0.4, 0.5) is 0 Å². The van der Waals surface area contributed by atoms with Crippen molar-refractivity contribution in [1.29, 1.82) is 0 Å². The van der Waals surface area contributed by atoms with Crippen LogP contribution in [0.1, 0.15) is 35.5 Å². The highest BCUT2D eigenvalue weighted by atomic mass is 16.1. The Kier molecular flexibility index (Phi) is 5.12. The van der Waals surface area contributed by atoms with Crippen LogP contribution in [0.2, 0.25) is 0 Å². The predicted octanol–water partition coefficient (Wildman–Crippen LogP) is 1.85. The zero-order valence-electron chi connectivity index (χ0n) is 7.98. The summed E-state index contributed by atoms with van der Waals surface area (Å²) in [6.07, 6.45) is 0.663. The van der Waals surface area contributed by atoms with Crippen LogP contribution >= 0.6 is 0 Å². The fraction of sp³-hybridized carbons (Fsp3) is 0.889. The lowest BCUT2D eigenvalue weighted by molar-refractivity contribution is -0.121. The van der Waals surface area contributed by atoms with Gasteiger partial charge in [0.2, 0.25) is 0 Å². The molecule has 0 rings (SSSR count). The van der Waals surface area contributed by atoms with Crippen molar-refractivity contribution in [1.82, 2.24) is 5.32 Å². The Labute approximate surface area is 70.9 Å². The van der Waals surface area contributed by atoms with Crippen molar-refractivity contribution in [2.24, 2.45) is 5.92 Å². The molecule has 68 valence electrons. The maximum atomic E-state index is 11.1. The molecule has 0 unspecified atom stereocenters. The van der Waals surface area contributed by atoms with Crippen LogP contribution in [-0.4, -0.2) is 18.4 Å². The van der Waals surface area contributed by atoms with Crippen LogP contribution in [0.3, 0.4) is 0 Å². The van der Waals surface area contributed by atoms with Crippen molar-refractivity contribution in [3.05, 3.63) is 0 Å². The summed E-state index contributed by atoms with van der Waals surface area (Å²) in [6, 6.07) is 0.481. The minimum atomic E-state index is 0. The molecule has 0 fully saturated rings. The largest absolute Gasteiger partial charge is 0.314 e. The third kappa shape index (κ3) is 6.05. The van der Waals surface area contributed by atoms with E-state index in [2.05, 4.69) is 19.2 Å². The van der Waals surface area contributed by atoms with E-state index >= 15 is 0 Å². The highest BCUT2D eigenvalue weighted by Gasteiger charge is 2.05. The normalized spacial score (nSPS) is 11.1. The number of Topliss-reactive ketones (excluding diaryl/α,β-unsaturated/α-hetero) is 1. The summed E-state index contributed by atoms with van der Waals surface area (Å²) in [5, 5.41) is 3.21. The average molecular weight is 159 g/mol. The summed E-state index contributed by atoms with van der Waals surface area (Å²) in [4.78, 5) is 11.1. The number of hydrogen-bond donors (Lipinski definition) is 1.